The SMILES string of the molecule is CC(=O)[C@H](N)CC1CCC1. The van der Waals surface area contributed by atoms with Gasteiger partial charge in [0, 0.05) is 0 Å². The first-order valence-corrected chi connectivity index (χ1v) is 3.96. The molecule has 0 unspecified atom stereocenters. The van der Waals surface area contributed by atoms with Crippen molar-refractivity contribution in [3.05, 3.63) is 0 Å². The van der Waals surface area contributed by atoms with Crippen molar-refractivity contribution in [1.29, 1.82) is 0 Å². The van der Waals surface area contributed by atoms with Gasteiger partial charge in [-0.15, -0.1) is 0 Å². The van der Waals surface area contributed by atoms with Crippen molar-refractivity contribution < 1.29 is 4.79 Å². The van der Waals surface area contributed by atoms with Crippen LogP contribution in [-0.4, -0.2) is 11.8 Å². The molecule has 0 aromatic carbocycles. The van der Waals surface area contributed by atoms with Crippen LogP contribution in [0.15, 0.2) is 0 Å². The van der Waals surface area contributed by atoms with Crippen LogP contribution in [0.2, 0.25) is 0 Å². The zero-order valence-corrected chi connectivity index (χ0v) is 6.47. The summed E-state index contributed by atoms with van der Waals surface area (Å²) in [6, 6.07) is -0.190. The Morgan fingerprint density at radius 3 is 2.60 bits per heavy atom. The van der Waals surface area contributed by atoms with Gasteiger partial charge >= 0.3 is 0 Å². The summed E-state index contributed by atoms with van der Waals surface area (Å²) in [6.45, 7) is 1.57. The molecule has 10 heavy (non-hydrogen) atoms. The van der Waals surface area contributed by atoms with Crippen molar-refractivity contribution in [3.8, 4) is 0 Å². The summed E-state index contributed by atoms with van der Waals surface area (Å²) in [5.41, 5.74) is 5.58. The van der Waals surface area contributed by atoms with Gasteiger partial charge in [0.15, 0.2) is 0 Å². The number of hydrogen-bond donors (Lipinski definition) is 1. The summed E-state index contributed by atoms with van der Waals surface area (Å²) in [5, 5.41) is 0. The minimum atomic E-state index is -0.190. The maximum absolute atomic E-state index is 10.7. The largest absolute Gasteiger partial charge is 0.322 e. The van der Waals surface area contributed by atoms with E-state index in [0.29, 0.717) is 0 Å². The average molecular weight is 141 g/mol. The number of carbonyl (C=O) groups is 1. The summed E-state index contributed by atoms with van der Waals surface area (Å²) in [7, 11) is 0. The van der Waals surface area contributed by atoms with Gasteiger partial charge in [-0.1, -0.05) is 19.3 Å². The Hall–Kier alpha value is -0.370. The van der Waals surface area contributed by atoms with Gasteiger partial charge < -0.3 is 5.73 Å². The zero-order valence-electron chi connectivity index (χ0n) is 6.47. The molecule has 0 bridgehead atoms. The van der Waals surface area contributed by atoms with E-state index in [1.54, 1.807) is 6.92 Å². The standard InChI is InChI=1S/C8H15NO/c1-6(10)8(9)5-7-3-2-4-7/h7-8H,2-5,9H2,1H3/t8-/m1/s1. The lowest BCUT2D eigenvalue weighted by atomic mass is 9.80. The second-order valence-electron chi connectivity index (χ2n) is 3.25. The second kappa shape index (κ2) is 3.15. The van der Waals surface area contributed by atoms with Gasteiger partial charge in [0.1, 0.15) is 5.78 Å². The number of ketones is 1. The molecule has 0 aromatic heterocycles. The smallest absolute Gasteiger partial charge is 0.146 e. The third-order valence-corrected chi connectivity index (χ3v) is 2.33. The molecule has 0 spiro atoms. The van der Waals surface area contributed by atoms with Crippen LogP contribution in [0.3, 0.4) is 0 Å². The van der Waals surface area contributed by atoms with E-state index in [1.165, 1.54) is 19.3 Å². The first kappa shape index (κ1) is 7.73. The number of carbonyl (C=O) groups excluding carboxylic acids is 1. The lowest BCUT2D eigenvalue weighted by Crippen LogP contribution is -2.32. The number of hydrogen-bond acceptors (Lipinski definition) is 2. The first-order valence-electron chi connectivity index (χ1n) is 3.96. The van der Waals surface area contributed by atoms with Crippen molar-refractivity contribution in [3.63, 3.8) is 0 Å². The predicted octanol–water partition coefficient (Wildman–Crippen LogP) is 1.09. The van der Waals surface area contributed by atoms with Crippen LogP contribution >= 0.6 is 0 Å². The maximum atomic E-state index is 10.7. The summed E-state index contributed by atoms with van der Waals surface area (Å²) < 4.78 is 0. The highest BCUT2D eigenvalue weighted by atomic mass is 16.1. The highest BCUT2D eigenvalue weighted by Gasteiger charge is 2.21. The Bertz CT molecular complexity index is 129. The van der Waals surface area contributed by atoms with Crippen LogP contribution in [-0.2, 0) is 4.79 Å². The summed E-state index contributed by atoms with van der Waals surface area (Å²) in [5.74, 6) is 0.880. The summed E-state index contributed by atoms with van der Waals surface area (Å²) in [6.07, 6.45) is 4.80. The molecule has 0 radical (unpaired) electrons. The molecule has 0 amide bonds. The predicted molar refractivity (Wildman–Crippen MR) is 40.6 cm³/mol. The van der Waals surface area contributed by atoms with Gasteiger partial charge in [0.2, 0.25) is 0 Å². The van der Waals surface area contributed by atoms with Crippen molar-refractivity contribution in [2.45, 2.75) is 38.6 Å². The van der Waals surface area contributed by atoms with Gasteiger partial charge in [0.25, 0.3) is 0 Å². The molecule has 1 saturated carbocycles. The summed E-state index contributed by atoms with van der Waals surface area (Å²) in [4.78, 5) is 10.7. The average Bonchev–Trinajstić information content (AvgIpc) is 1.77. The fourth-order valence-electron chi connectivity index (χ4n) is 1.25. The van der Waals surface area contributed by atoms with E-state index in [4.69, 9.17) is 5.73 Å². The lowest BCUT2D eigenvalue weighted by Gasteiger charge is -2.26. The van der Waals surface area contributed by atoms with Crippen LogP contribution < -0.4 is 5.73 Å². The zero-order chi connectivity index (χ0) is 7.56. The monoisotopic (exact) mass is 141 g/mol. The summed E-state index contributed by atoms with van der Waals surface area (Å²) >= 11 is 0. The molecule has 2 heteroatoms. The van der Waals surface area contributed by atoms with Crippen LogP contribution in [0.4, 0.5) is 0 Å². The molecule has 2 N–H and O–H groups in total. The van der Waals surface area contributed by atoms with Gasteiger partial charge in [-0.25, -0.2) is 0 Å². The van der Waals surface area contributed by atoms with Gasteiger partial charge in [-0.2, -0.15) is 0 Å². The minimum Gasteiger partial charge on any atom is -0.322 e. The van der Waals surface area contributed by atoms with Crippen molar-refractivity contribution in [1.82, 2.24) is 0 Å². The van der Waals surface area contributed by atoms with Crippen LogP contribution in [0, 0.1) is 5.92 Å². The molecule has 0 aromatic rings. The molecule has 1 rings (SSSR count). The van der Waals surface area contributed by atoms with Crippen LogP contribution in [0.1, 0.15) is 32.6 Å². The Morgan fingerprint density at radius 1 is 1.70 bits per heavy atom. The first-order chi connectivity index (χ1) is 4.70. The van der Waals surface area contributed by atoms with Gasteiger partial charge in [-0.05, 0) is 19.3 Å². The Labute approximate surface area is 61.8 Å². The third-order valence-electron chi connectivity index (χ3n) is 2.33. The fraction of sp³-hybridized carbons (Fsp3) is 0.875. The van der Waals surface area contributed by atoms with E-state index >= 15 is 0 Å². The van der Waals surface area contributed by atoms with Gasteiger partial charge in [-0.3, -0.25) is 4.79 Å². The molecule has 0 heterocycles. The molecular weight excluding hydrogens is 126 g/mol. The topological polar surface area (TPSA) is 43.1 Å². The second-order valence-corrected chi connectivity index (χ2v) is 3.25. The molecule has 1 fully saturated rings. The minimum absolute atomic E-state index is 0.131. The molecule has 0 aliphatic heterocycles. The Morgan fingerprint density at radius 2 is 2.30 bits per heavy atom. The fourth-order valence-corrected chi connectivity index (χ4v) is 1.25. The number of rotatable bonds is 3. The normalized spacial score (nSPS) is 21.8. The van der Waals surface area contributed by atoms with E-state index in [-0.39, 0.29) is 11.8 Å². The molecular formula is C8H15NO. The van der Waals surface area contributed by atoms with Crippen LogP contribution in [0.25, 0.3) is 0 Å². The van der Waals surface area contributed by atoms with Crippen molar-refractivity contribution >= 4 is 5.78 Å². The highest BCUT2D eigenvalue weighted by molar-refractivity contribution is 5.81. The van der Waals surface area contributed by atoms with Crippen LogP contribution in [0.5, 0.6) is 0 Å². The number of Topliss-reactive ketones (excluding diaryl/α,β-unsaturated/α-hetero) is 1. The molecule has 1 aliphatic rings. The van der Waals surface area contributed by atoms with Gasteiger partial charge in [0.05, 0.1) is 6.04 Å². The van der Waals surface area contributed by atoms with E-state index in [2.05, 4.69) is 0 Å². The molecule has 1 aliphatic carbocycles. The maximum Gasteiger partial charge on any atom is 0.146 e. The van der Waals surface area contributed by atoms with Crippen molar-refractivity contribution in [2.75, 3.05) is 0 Å². The molecule has 58 valence electrons. The van der Waals surface area contributed by atoms with E-state index < -0.39 is 0 Å². The third kappa shape index (κ3) is 1.81. The Kier molecular flexibility index (Phi) is 2.44. The van der Waals surface area contributed by atoms with E-state index in [0.717, 1.165) is 12.3 Å². The lowest BCUT2D eigenvalue weighted by molar-refractivity contribution is -0.118. The molecule has 1 atom stereocenters. The van der Waals surface area contributed by atoms with E-state index in [1.807, 2.05) is 0 Å². The van der Waals surface area contributed by atoms with E-state index in [9.17, 15) is 4.79 Å². The Balaban J connectivity index is 2.16. The van der Waals surface area contributed by atoms with Crippen molar-refractivity contribution in [2.24, 2.45) is 11.7 Å². The quantitative estimate of drug-likeness (QED) is 0.639. The molecule has 0 saturated heterocycles. The number of nitrogens with two attached hydrogens (primary N) is 1. The highest BCUT2D eigenvalue weighted by Crippen LogP contribution is 2.29. The molecule has 2 nitrogen and oxygen atoms in total.